The van der Waals surface area contributed by atoms with Gasteiger partial charge in [0.1, 0.15) is 18.0 Å². The fourth-order valence-corrected chi connectivity index (χ4v) is 2.77. The topological polar surface area (TPSA) is 41.0 Å². The van der Waals surface area contributed by atoms with Crippen molar-refractivity contribution in [2.75, 3.05) is 23.3 Å². The summed E-state index contributed by atoms with van der Waals surface area (Å²) in [4.78, 5) is 11.1. The Hall–Kier alpha value is -1.62. The molecule has 0 unspecified atom stereocenters. The van der Waals surface area contributed by atoms with Gasteiger partial charge in [-0.25, -0.2) is 9.97 Å². The van der Waals surface area contributed by atoms with E-state index in [0.717, 1.165) is 40.8 Å². The van der Waals surface area contributed by atoms with Gasteiger partial charge in [-0.3, -0.25) is 0 Å². The predicted octanol–water partition coefficient (Wildman–Crippen LogP) is 4.22. The number of hydrogen-bond acceptors (Lipinski definition) is 4. The first kappa shape index (κ1) is 14.3. The Morgan fingerprint density at radius 3 is 2.57 bits per heavy atom. The molecule has 110 valence electrons. The summed E-state index contributed by atoms with van der Waals surface area (Å²) < 4.78 is 1.07. The van der Waals surface area contributed by atoms with Crippen LogP contribution in [-0.4, -0.2) is 23.1 Å². The highest BCUT2D eigenvalue weighted by atomic mass is 79.9. The van der Waals surface area contributed by atoms with E-state index < -0.39 is 0 Å². The van der Waals surface area contributed by atoms with Crippen molar-refractivity contribution in [2.45, 2.75) is 19.8 Å². The van der Waals surface area contributed by atoms with Crippen LogP contribution in [0.25, 0.3) is 0 Å². The molecule has 1 aliphatic rings. The van der Waals surface area contributed by atoms with Crippen molar-refractivity contribution in [3.8, 4) is 0 Å². The Morgan fingerprint density at radius 2 is 1.86 bits per heavy atom. The third kappa shape index (κ3) is 3.73. The quantitative estimate of drug-likeness (QED) is 0.903. The Labute approximate surface area is 133 Å². The van der Waals surface area contributed by atoms with Crippen molar-refractivity contribution < 1.29 is 0 Å². The Morgan fingerprint density at radius 1 is 1.14 bits per heavy atom. The molecular formula is C16H19BrN4. The molecule has 3 rings (SSSR count). The van der Waals surface area contributed by atoms with Gasteiger partial charge < -0.3 is 10.2 Å². The van der Waals surface area contributed by atoms with E-state index in [9.17, 15) is 0 Å². The molecule has 2 aromatic rings. The average molecular weight is 347 g/mol. The molecule has 1 saturated heterocycles. The van der Waals surface area contributed by atoms with Gasteiger partial charge in [0.15, 0.2) is 0 Å². The van der Waals surface area contributed by atoms with Crippen molar-refractivity contribution >= 4 is 33.3 Å². The number of piperidine rings is 1. The van der Waals surface area contributed by atoms with E-state index in [1.54, 1.807) is 6.33 Å². The Bertz CT molecular complexity index is 591. The lowest BCUT2D eigenvalue weighted by Gasteiger charge is -2.31. The minimum atomic E-state index is 0.823. The number of rotatable bonds is 3. The Kier molecular flexibility index (Phi) is 4.39. The molecule has 21 heavy (non-hydrogen) atoms. The molecular weight excluding hydrogens is 328 g/mol. The van der Waals surface area contributed by atoms with Crippen LogP contribution in [0.5, 0.6) is 0 Å². The van der Waals surface area contributed by atoms with E-state index in [0.29, 0.717) is 0 Å². The van der Waals surface area contributed by atoms with Crippen LogP contribution in [0.2, 0.25) is 0 Å². The molecule has 2 heterocycles. The van der Waals surface area contributed by atoms with Gasteiger partial charge in [0.2, 0.25) is 0 Å². The molecule has 1 aliphatic heterocycles. The molecule has 0 radical (unpaired) electrons. The highest BCUT2D eigenvalue weighted by Gasteiger charge is 2.17. The van der Waals surface area contributed by atoms with Gasteiger partial charge in [-0.05, 0) is 43.0 Å². The van der Waals surface area contributed by atoms with Crippen LogP contribution >= 0.6 is 15.9 Å². The Balaban J connectivity index is 1.72. The zero-order valence-corrected chi connectivity index (χ0v) is 13.7. The first-order valence-electron chi connectivity index (χ1n) is 7.30. The molecule has 1 fully saturated rings. The SMILES string of the molecule is CC1CCN(c2cc(Nc3ccc(Br)cc3)ncn2)CC1. The highest BCUT2D eigenvalue weighted by molar-refractivity contribution is 9.10. The number of anilines is 3. The van der Waals surface area contributed by atoms with Crippen molar-refractivity contribution in [2.24, 2.45) is 5.92 Å². The minimum absolute atomic E-state index is 0.823. The van der Waals surface area contributed by atoms with E-state index in [2.05, 4.69) is 43.0 Å². The van der Waals surface area contributed by atoms with Gasteiger partial charge in [-0.2, -0.15) is 0 Å². The molecule has 4 nitrogen and oxygen atoms in total. The smallest absolute Gasteiger partial charge is 0.135 e. The van der Waals surface area contributed by atoms with E-state index in [1.165, 1.54) is 12.8 Å². The molecule has 5 heteroatoms. The fraction of sp³-hybridized carbons (Fsp3) is 0.375. The second kappa shape index (κ2) is 6.43. The summed E-state index contributed by atoms with van der Waals surface area (Å²) in [6.07, 6.45) is 4.10. The van der Waals surface area contributed by atoms with Crippen LogP contribution in [0, 0.1) is 5.92 Å². The zero-order chi connectivity index (χ0) is 14.7. The maximum atomic E-state index is 4.41. The first-order chi connectivity index (χ1) is 10.2. The van der Waals surface area contributed by atoms with Gasteiger partial charge in [-0.15, -0.1) is 0 Å². The maximum absolute atomic E-state index is 4.41. The number of nitrogens with zero attached hydrogens (tertiary/aromatic N) is 3. The van der Waals surface area contributed by atoms with Gasteiger partial charge in [-0.1, -0.05) is 22.9 Å². The minimum Gasteiger partial charge on any atom is -0.356 e. The second-order valence-electron chi connectivity index (χ2n) is 5.56. The molecule has 0 amide bonds. The normalized spacial score (nSPS) is 16.0. The lowest BCUT2D eigenvalue weighted by Crippen LogP contribution is -2.33. The monoisotopic (exact) mass is 346 g/mol. The lowest BCUT2D eigenvalue weighted by atomic mass is 9.99. The summed E-state index contributed by atoms with van der Waals surface area (Å²) in [5, 5.41) is 3.32. The molecule has 0 aliphatic carbocycles. The number of halogens is 1. The van der Waals surface area contributed by atoms with E-state index in [4.69, 9.17) is 0 Å². The van der Waals surface area contributed by atoms with E-state index in [-0.39, 0.29) is 0 Å². The third-order valence-corrected chi connectivity index (χ3v) is 4.41. The molecule has 0 atom stereocenters. The van der Waals surface area contributed by atoms with Crippen molar-refractivity contribution in [1.29, 1.82) is 0 Å². The average Bonchev–Trinajstić information content (AvgIpc) is 2.51. The summed E-state index contributed by atoms with van der Waals surface area (Å²) in [5.41, 5.74) is 1.02. The lowest BCUT2D eigenvalue weighted by molar-refractivity contribution is 0.436. The van der Waals surface area contributed by atoms with Crippen LogP contribution in [0.4, 0.5) is 17.3 Å². The van der Waals surface area contributed by atoms with Crippen LogP contribution in [0.1, 0.15) is 19.8 Å². The van der Waals surface area contributed by atoms with Crippen LogP contribution < -0.4 is 10.2 Å². The molecule has 1 aromatic heterocycles. The molecule has 1 aromatic carbocycles. The zero-order valence-electron chi connectivity index (χ0n) is 12.1. The number of hydrogen-bond donors (Lipinski definition) is 1. The number of aromatic nitrogens is 2. The van der Waals surface area contributed by atoms with Gasteiger partial charge in [0.25, 0.3) is 0 Å². The summed E-state index contributed by atoms with van der Waals surface area (Å²) in [5.74, 6) is 2.67. The van der Waals surface area contributed by atoms with Crippen molar-refractivity contribution in [3.63, 3.8) is 0 Å². The fourth-order valence-electron chi connectivity index (χ4n) is 2.51. The molecule has 0 spiro atoms. The second-order valence-corrected chi connectivity index (χ2v) is 6.48. The molecule has 1 N–H and O–H groups in total. The predicted molar refractivity (Wildman–Crippen MR) is 90.1 cm³/mol. The van der Waals surface area contributed by atoms with Crippen molar-refractivity contribution in [3.05, 3.63) is 41.1 Å². The summed E-state index contributed by atoms with van der Waals surface area (Å²) in [6, 6.07) is 10.1. The standard InChI is InChI=1S/C16H19BrN4/c1-12-6-8-21(9-7-12)16-10-15(18-11-19-16)20-14-4-2-13(17)3-5-14/h2-5,10-12H,6-9H2,1H3,(H,18,19,20). The van der Waals surface area contributed by atoms with Gasteiger partial charge in [0, 0.05) is 29.3 Å². The van der Waals surface area contributed by atoms with E-state index >= 15 is 0 Å². The van der Waals surface area contributed by atoms with Crippen LogP contribution in [0.3, 0.4) is 0 Å². The maximum Gasteiger partial charge on any atom is 0.135 e. The third-order valence-electron chi connectivity index (χ3n) is 3.88. The summed E-state index contributed by atoms with van der Waals surface area (Å²) in [6.45, 7) is 4.48. The largest absolute Gasteiger partial charge is 0.356 e. The molecule has 0 bridgehead atoms. The van der Waals surface area contributed by atoms with Gasteiger partial charge >= 0.3 is 0 Å². The van der Waals surface area contributed by atoms with Crippen LogP contribution in [-0.2, 0) is 0 Å². The van der Waals surface area contributed by atoms with Crippen LogP contribution in [0.15, 0.2) is 41.1 Å². The first-order valence-corrected chi connectivity index (χ1v) is 8.09. The van der Waals surface area contributed by atoms with E-state index in [1.807, 2.05) is 30.3 Å². The summed E-state index contributed by atoms with van der Waals surface area (Å²) >= 11 is 3.44. The highest BCUT2D eigenvalue weighted by Crippen LogP contribution is 2.24. The number of benzene rings is 1. The van der Waals surface area contributed by atoms with Gasteiger partial charge in [0.05, 0.1) is 0 Å². The summed E-state index contributed by atoms with van der Waals surface area (Å²) in [7, 11) is 0. The number of nitrogens with one attached hydrogen (secondary N) is 1. The van der Waals surface area contributed by atoms with Crippen molar-refractivity contribution in [1.82, 2.24) is 9.97 Å². The molecule has 0 saturated carbocycles.